The van der Waals surface area contributed by atoms with Gasteiger partial charge in [-0.05, 0) is 12.3 Å². The molecule has 0 saturated heterocycles. The van der Waals surface area contributed by atoms with Crippen LogP contribution in [0, 0.1) is 15.5 Å². The number of hydrogen-bond acceptors (Lipinski definition) is 5. The van der Waals surface area contributed by atoms with Crippen LogP contribution in [0.4, 0.5) is 11.5 Å². The van der Waals surface area contributed by atoms with E-state index in [1.807, 2.05) is 27.7 Å². The van der Waals surface area contributed by atoms with Crippen LogP contribution in [0.2, 0.25) is 0 Å². The second kappa shape index (κ2) is 5.44. The van der Waals surface area contributed by atoms with Crippen molar-refractivity contribution in [3.05, 3.63) is 27.9 Å². The molecule has 1 N–H and O–H groups in total. The molecule has 1 rings (SSSR count). The first-order valence-corrected chi connectivity index (χ1v) is 6.16. The number of carbonyl (C=O) groups is 1. The number of nitro groups is 1. The van der Waals surface area contributed by atoms with Gasteiger partial charge in [0, 0.05) is 19.2 Å². The summed E-state index contributed by atoms with van der Waals surface area (Å²) in [4.78, 5) is 27.0. The summed E-state index contributed by atoms with van der Waals surface area (Å²) in [5.74, 6) is -1.00. The molecule has 1 aromatic heterocycles. The average molecular weight is 281 g/mol. The van der Waals surface area contributed by atoms with Crippen molar-refractivity contribution in [1.29, 1.82) is 0 Å². The van der Waals surface area contributed by atoms with Gasteiger partial charge in [0.2, 0.25) is 0 Å². The fourth-order valence-corrected chi connectivity index (χ4v) is 1.75. The Kier molecular flexibility index (Phi) is 4.32. The highest BCUT2D eigenvalue weighted by atomic mass is 16.6. The minimum Gasteiger partial charge on any atom is -0.478 e. The SMILES string of the molecule is CC(N(C)c1ncc([N+](=O)[O-])cc1C(=O)O)C(C)(C)C. The molecular weight excluding hydrogens is 262 g/mol. The molecule has 1 atom stereocenters. The molecule has 0 aliphatic heterocycles. The summed E-state index contributed by atoms with van der Waals surface area (Å²) in [5.41, 5.74) is -0.589. The lowest BCUT2D eigenvalue weighted by Crippen LogP contribution is -2.40. The van der Waals surface area contributed by atoms with Gasteiger partial charge in [-0.15, -0.1) is 0 Å². The summed E-state index contributed by atoms with van der Waals surface area (Å²) in [6, 6.07) is 1.05. The predicted molar refractivity (Wildman–Crippen MR) is 75.2 cm³/mol. The van der Waals surface area contributed by atoms with Crippen LogP contribution < -0.4 is 4.90 Å². The zero-order valence-electron chi connectivity index (χ0n) is 12.2. The second-order valence-electron chi connectivity index (χ2n) is 5.78. The third-order valence-corrected chi connectivity index (χ3v) is 3.46. The van der Waals surface area contributed by atoms with Crippen LogP contribution in [0.5, 0.6) is 0 Å². The monoisotopic (exact) mass is 281 g/mol. The quantitative estimate of drug-likeness (QED) is 0.673. The van der Waals surface area contributed by atoms with E-state index in [1.54, 1.807) is 11.9 Å². The molecule has 0 aromatic carbocycles. The molecule has 20 heavy (non-hydrogen) atoms. The number of aromatic nitrogens is 1. The van der Waals surface area contributed by atoms with Gasteiger partial charge in [-0.2, -0.15) is 0 Å². The third-order valence-electron chi connectivity index (χ3n) is 3.46. The van der Waals surface area contributed by atoms with E-state index in [0.717, 1.165) is 12.3 Å². The minimum atomic E-state index is -1.23. The van der Waals surface area contributed by atoms with Crippen molar-refractivity contribution >= 4 is 17.5 Å². The van der Waals surface area contributed by atoms with E-state index in [2.05, 4.69) is 4.98 Å². The Morgan fingerprint density at radius 1 is 1.50 bits per heavy atom. The van der Waals surface area contributed by atoms with E-state index >= 15 is 0 Å². The van der Waals surface area contributed by atoms with E-state index < -0.39 is 10.9 Å². The molecule has 1 unspecified atom stereocenters. The van der Waals surface area contributed by atoms with Crippen molar-refractivity contribution in [2.45, 2.75) is 33.7 Å². The van der Waals surface area contributed by atoms with Gasteiger partial charge in [-0.3, -0.25) is 10.1 Å². The highest BCUT2D eigenvalue weighted by Crippen LogP contribution is 2.29. The first-order valence-electron chi connectivity index (χ1n) is 6.16. The fraction of sp³-hybridized carbons (Fsp3) is 0.538. The number of aromatic carboxylic acids is 1. The summed E-state index contributed by atoms with van der Waals surface area (Å²) in [7, 11) is 1.73. The Labute approximate surface area is 117 Å². The van der Waals surface area contributed by atoms with Crippen molar-refractivity contribution in [3.63, 3.8) is 0 Å². The summed E-state index contributed by atoms with van der Waals surface area (Å²) < 4.78 is 0. The van der Waals surface area contributed by atoms with Gasteiger partial charge in [0.1, 0.15) is 17.6 Å². The maximum absolute atomic E-state index is 11.3. The molecule has 0 fully saturated rings. The van der Waals surface area contributed by atoms with Gasteiger partial charge in [-0.1, -0.05) is 20.8 Å². The largest absolute Gasteiger partial charge is 0.478 e. The van der Waals surface area contributed by atoms with E-state index in [4.69, 9.17) is 0 Å². The summed E-state index contributed by atoms with van der Waals surface area (Å²) in [5, 5.41) is 19.9. The molecule has 0 spiro atoms. The van der Waals surface area contributed by atoms with Crippen molar-refractivity contribution in [2.24, 2.45) is 5.41 Å². The molecule has 0 amide bonds. The first-order chi connectivity index (χ1) is 9.05. The molecule has 0 bridgehead atoms. The van der Waals surface area contributed by atoms with Gasteiger partial charge >= 0.3 is 5.97 Å². The number of carboxylic acid groups (broad SMARTS) is 1. The van der Waals surface area contributed by atoms with Gasteiger partial charge < -0.3 is 10.0 Å². The molecule has 1 heterocycles. The highest BCUT2D eigenvalue weighted by molar-refractivity contribution is 5.94. The Balaban J connectivity index is 3.31. The van der Waals surface area contributed by atoms with Crippen LogP contribution >= 0.6 is 0 Å². The van der Waals surface area contributed by atoms with Crippen LogP contribution in [0.15, 0.2) is 12.3 Å². The van der Waals surface area contributed by atoms with Crippen molar-refractivity contribution < 1.29 is 14.8 Å². The van der Waals surface area contributed by atoms with Gasteiger partial charge in [0.25, 0.3) is 5.69 Å². The molecule has 110 valence electrons. The number of anilines is 1. The standard InChI is InChI=1S/C13H19N3O4/c1-8(13(2,3)4)15(5)11-10(12(17)18)6-9(7-14-11)16(19)20/h6-8H,1-5H3,(H,17,18). The average Bonchev–Trinajstić information content (AvgIpc) is 2.34. The number of rotatable bonds is 4. The Morgan fingerprint density at radius 3 is 2.45 bits per heavy atom. The molecule has 0 aliphatic rings. The van der Waals surface area contributed by atoms with Crippen molar-refractivity contribution in [3.8, 4) is 0 Å². The normalized spacial score (nSPS) is 12.8. The lowest BCUT2D eigenvalue weighted by molar-refractivity contribution is -0.385. The Hall–Kier alpha value is -2.18. The van der Waals surface area contributed by atoms with Crippen LogP contribution in [0.1, 0.15) is 38.1 Å². The molecule has 1 aromatic rings. The zero-order chi connectivity index (χ0) is 15.7. The predicted octanol–water partition coefficient (Wildman–Crippen LogP) is 2.56. The van der Waals surface area contributed by atoms with Crippen molar-refractivity contribution in [1.82, 2.24) is 4.98 Å². The molecule has 7 heteroatoms. The summed E-state index contributed by atoms with van der Waals surface area (Å²) in [6.45, 7) is 8.04. The minimum absolute atomic E-state index is 0.00885. The first kappa shape index (κ1) is 15.9. The third kappa shape index (κ3) is 3.23. The van der Waals surface area contributed by atoms with Crippen LogP contribution in [0.25, 0.3) is 0 Å². The number of pyridine rings is 1. The topological polar surface area (TPSA) is 96.6 Å². The summed E-state index contributed by atoms with van der Waals surface area (Å²) in [6.07, 6.45) is 1.08. The van der Waals surface area contributed by atoms with E-state index in [9.17, 15) is 20.0 Å². The lowest BCUT2D eigenvalue weighted by atomic mass is 9.87. The zero-order valence-corrected chi connectivity index (χ0v) is 12.2. The van der Waals surface area contributed by atoms with Crippen molar-refractivity contribution in [2.75, 3.05) is 11.9 Å². The van der Waals surface area contributed by atoms with Crippen LogP contribution in [-0.2, 0) is 0 Å². The van der Waals surface area contributed by atoms with E-state index in [-0.39, 0.29) is 28.5 Å². The Bertz CT molecular complexity index is 537. The maximum Gasteiger partial charge on any atom is 0.339 e. The number of carboxylic acids is 1. The number of nitrogens with zero attached hydrogens (tertiary/aromatic N) is 3. The van der Waals surface area contributed by atoms with E-state index in [1.165, 1.54) is 0 Å². The van der Waals surface area contributed by atoms with Gasteiger partial charge in [-0.25, -0.2) is 9.78 Å². The maximum atomic E-state index is 11.3. The van der Waals surface area contributed by atoms with Gasteiger partial charge in [0.15, 0.2) is 0 Å². The van der Waals surface area contributed by atoms with Crippen LogP contribution in [0.3, 0.4) is 0 Å². The van der Waals surface area contributed by atoms with E-state index in [0.29, 0.717) is 0 Å². The van der Waals surface area contributed by atoms with Gasteiger partial charge in [0.05, 0.1) is 4.92 Å². The number of hydrogen-bond donors (Lipinski definition) is 1. The molecular formula is C13H19N3O4. The Morgan fingerprint density at radius 2 is 2.05 bits per heavy atom. The summed E-state index contributed by atoms with van der Waals surface area (Å²) >= 11 is 0. The molecule has 0 aliphatic carbocycles. The molecule has 7 nitrogen and oxygen atoms in total. The fourth-order valence-electron chi connectivity index (χ4n) is 1.75. The lowest BCUT2D eigenvalue weighted by Gasteiger charge is -2.36. The molecule has 0 radical (unpaired) electrons. The molecule has 0 saturated carbocycles. The smallest absolute Gasteiger partial charge is 0.339 e. The van der Waals surface area contributed by atoms with Crippen LogP contribution in [-0.4, -0.2) is 34.1 Å². The highest BCUT2D eigenvalue weighted by Gasteiger charge is 2.28. The second-order valence-corrected chi connectivity index (χ2v) is 5.78.